The molecule has 14 heavy (non-hydrogen) atoms. The van der Waals surface area contributed by atoms with Crippen LogP contribution in [0.2, 0.25) is 0 Å². The maximum atomic E-state index is 11.6. The molecule has 1 aliphatic heterocycles. The Hall–Kier alpha value is -0.670. The molecule has 0 spiro atoms. The SMILES string of the molecule is C=C(C)CCC(=O)C1CCC(CN)O1. The van der Waals surface area contributed by atoms with Crippen LogP contribution in [0.3, 0.4) is 0 Å². The van der Waals surface area contributed by atoms with Crippen LogP contribution in [0, 0.1) is 0 Å². The summed E-state index contributed by atoms with van der Waals surface area (Å²) in [5.41, 5.74) is 6.52. The smallest absolute Gasteiger partial charge is 0.161 e. The second-order valence-electron chi connectivity index (χ2n) is 3.98. The molecule has 0 radical (unpaired) electrons. The van der Waals surface area contributed by atoms with E-state index >= 15 is 0 Å². The summed E-state index contributed by atoms with van der Waals surface area (Å²) in [6.07, 6.45) is 2.96. The molecule has 2 atom stereocenters. The van der Waals surface area contributed by atoms with Crippen molar-refractivity contribution in [2.45, 2.75) is 44.8 Å². The van der Waals surface area contributed by atoms with Crippen molar-refractivity contribution in [2.75, 3.05) is 6.54 Å². The summed E-state index contributed by atoms with van der Waals surface area (Å²) in [5.74, 6) is 0.198. The van der Waals surface area contributed by atoms with Crippen LogP contribution in [0.5, 0.6) is 0 Å². The van der Waals surface area contributed by atoms with Crippen LogP contribution in [0.15, 0.2) is 12.2 Å². The van der Waals surface area contributed by atoms with Gasteiger partial charge in [-0.25, -0.2) is 0 Å². The minimum Gasteiger partial charge on any atom is -0.366 e. The molecule has 80 valence electrons. The molecule has 0 amide bonds. The van der Waals surface area contributed by atoms with Crippen molar-refractivity contribution in [1.29, 1.82) is 0 Å². The van der Waals surface area contributed by atoms with E-state index in [1.165, 1.54) is 0 Å². The average Bonchev–Trinajstić information content (AvgIpc) is 2.62. The van der Waals surface area contributed by atoms with Gasteiger partial charge in [-0.3, -0.25) is 4.79 Å². The Morgan fingerprint density at radius 3 is 2.71 bits per heavy atom. The van der Waals surface area contributed by atoms with Crippen molar-refractivity contribution < 1.29 is 9.53 Å². The summed E-state index contributed by atoms with van der Waals surface area (Å²) in [4.78, 5) is 11.6. The molecule has 0 bridgehead atoms. The zero-order chi connectivity index (χ0) is 10.6. The van der Waals surface area contributed by atoms with E-state index in [2.05, 4.69) is 6.58 Å². The summed E-state index contributed by atoms with van der Waals surface area (Å²) in [5, 5.41) is 0. The normalized spacial score (nSPS) is 26.4. The van der Waals surface area contributed by atoms with Crippen molar-refractivity contribution in [1.82, 2.24) is 0 Å². The summed E-state index contributed by atoms with van der Waals surface area (Å²) in [6.45, 7) is 6.23. The molecule has 0 saturated carbocycles. The van der Waals surface area contributed by atoms with Gasteiger partial charge in [0.2, 0.25) is 0 Å². The first-order chi connectivity index (χ1) is 6.63. The molecule has 0 aliphatic carbocycles. The Labute approximate surface area is 85.3 Å². The standard InChI is InChI=1S/C11H19NO2/c1-8(2)3-5-10(13)11-6-4-9(7-12)14-11/h9,11H,1,3-7,12H2,2H3. The van der Waals surface area contributed by atoms with Crippen LogP contribution in [0.1, 0.15) is 32.6 Å². The maximum Gasteiger partial charge on any atom is 0.161 e. The number of ether oxygens (including phenoxy) is 1. The number of carbonyl (C=O) groups excluding carboxylic acids is 1. The third-order valence-electron chi connectivity index (χ3n) is 2.53. The molecule has 2 N–H and O–H groups in total. The van der Waals surface area contributed by atoms with E-state index in [9.17, 15) is 4.79 Å². The zero-order valence-electron chi connectivity index (χ0n) is 8.79. The number of ketones is 1. The van der Waals surface area contributed by atoms with Crippen LogP contribution < -0.4 is 5.73 Å². The molecule has 0 aromatic rings. The number of rotatable bonds is 5. The minimum absolute atomic E-state index is 0.0915. The topological polar surface area (TPSA) is 52.3 Å². The molecule has 0 aromatic carbocycles. The van der Waals surface area contributed by atoms with Gasteiger partial charge in [0.15, 0.2) is 5.78 Å². The van der Waals surface area contributed by atoms with Gasteiger partial charge in [-0.2, -0.15) is 0 Å². The van der Waals surface area contributed by atoms with E-state index in [-0.39, 0.29) is 18.0 Å². The highest BCUT2D eigenvalue weighted by molar-refractivity contribution is 5.83. The summed E-state index contributed by atoms with van der Waals surface area (Å²) in [7, 11) is 0. The highest BCUT2D eigenvalue weighted by Gasteiger charge is 2.28. The van der Waals surface area contributed by atoms with E-state index in [0.29, 0.717) is 13.0 Å². The van der Waals surface area contributed by atoms with Crippen molar-refractivity contribution in [3.8, 4) is 0 Å². The fourth-order valence-electron chi connectivity index (χ4n) is 1.61. The molecule has 2 unspecified atom stereocenters. The lowest BCUT2D eigenvalue weighted by molar-refractivity contribution is -0.129. The molecular formula is C11H19NO2. The van der Waals surface area contributed by atoms with Crippen molar-refractivity contribution in [3.63, 3.8) is 0 Å². The van der Waals surface area contributed by atoms with Gasteiger partial charge in [0.1, 0.15) is 6.10 Å². The van der Waals surface area contributed by atoms with Crippen LogP contribution in [-0.4, -0.2) is 24.5 Å². The first-order valence-corrected chi connectivity index (χ1v) is 5.16. The van der Waals surface area contributed by atoms with Gasteiger partial charge in [-0.1, -0.05) is 5.57 Å². The number of nitrogens with two attached hydrogens (primary N) is 1. The molecule has 1 aliphatic rings. The lowest BCUT2D eigenvalue weighted by Crippen LogP contribution is -2.25. The van der Waals surface area contributed by atoms with E-state index in [1.807, 2.05) is 6.92 Å². The van der Waals surface area contributed by atoms with Crippen LogP contribution in [0.4, 0.5) is 0 Å². The van der Waals surface area contributed by atoms with Gasteiger partial charge in [0.25, 0.3) is 0 Å². The first kappa shape index (κ1) is 11.4. The number of carbonyl (C=O) groups is 1. The lowest BCUT2D eigenvalue weighted by Gasteiger charge is -2.10. The predicted octanol–water partition coefficient (Wildman–Crippen LogP) is 1.42. The molecule has 1 fully saturated rings. The van der Waals surface area contributed by atoms with Gasteiger partial charge >= 0.3 is 0 Å². The minimum atomic E-state index is -0.206. The number of Topliss-reactive ketones (excluding diaryl/α,β-unsaturated/α-hetero) is 1. The Morgan fingerprint density at radius 2 is 2.21 bits per heavy atom. The second kappa shape index (κ2) is 5.27. The van der Waals surface area contributed by atoms with E-state index in [0.717, 1.165) is 24.8 Å². The number of allylic oxidation sites excluding steroid dienone is 1. The van der Waals surface area contributed by atoms with E-state index in [1.54, 1.807) is 0 Å². The quantitative estimate of drug-likeness (QED) is 0.678. The summed E-state index contributed by atoms with van der Waals surface area (Å²) >= 11 is 0. The highest BCUT2D eigenvalue weighted by atomic mass is 16.5. The van der Waals surface area contributed by atoms with Crippen LogP contribution >= 0.6 is 0 Å². The molecule has 0 aromatic heterocycles. The molecule has 1 rings (SSSR count). The van der Waals surface area contributed by atoms with E-state index < -0.39 is 0 Å². The van der Waals surface area contributed by atoms with Crippen LogP contribution in [0.25, 0.3) is 0 Å². The van der Waals surface area contributed by atoms with Gasteiger partial charge in [-0.05, 0) is 26.2 Å². The fraction of sp³-hybridized carbons (Fsp3) is 0.727. The fourth-order valence-corrected chi connectivity index (χ4v) is 1.61. The van der Waals surface area contributed by atoms with Gasteiger partial charge < -0.3 is 10.5 Å². The highest BCUT2D eigenvalue weighted by Crippen LogP contribution is 2.21. The van der Waals surface area contributed by atoms with Crippen molar-refractivity contribution in [2.24, 2.45) is 5.73 Å². The third kappa shape index (κ3) is 3.24. The molecular weight excluding hydrogens is 178 g/mol. The van der Waals surface area contributed by atoms with Crippen molar-refractivity contribution >= 4 is 5.78 Å². The lowest BCUT2D eigenvalue weighted by atomic mass is 10.0. The van der Waals surface area contributed by atoms with Gasteiger partial charge in [-0.15, -0.1) is 6.58 Å². The zero-order valence-corrected chi connectivity index (χ0v) is 8.79. The largest absolute Gasteiger partial charge is 0.366 e. The Morgan fingerprint density at radius 1 is 1.50 bits per heavy atom. The molecule has 1 saturated heterocycles. The average molecular weight is 197 g/mol. The summed E-state index contributed by atoms with van der Waals surface area (Å²) < 4.78 is 5.50. The second-order valence-corrected chi connectivity index (χ2v) is 3.98. The van der Waals surface area contributed by atoms with Crippen molar-refractivity contribution in [3.05, 3.63) is 12.2 Å². The number of hydrogen-bond acceptors (Lipinski definition) is 3. The Balaban J connectivity index is 2.28. The van der Waals surface area contributed by atoms with Crippen LogP contribution in [-0.2, 0) is 9.53 Å². The third-order valence-corrected chi connectivity index (χ3v) is 2.53. The van der Waals surface area contributed by atoms with Gasteiger partial charge in [0.05, 0.1) is 6.10 Å². The molecule has 3 heteroatoms. The monoisotopic (exact) mass is 197 g/mol. The maximum absolute atomic E-state index is 11.6. The molecule has 1 heterocycles. The summed E-state index contributed by atoms with van der Waals surface area (Å²) in [6, 6.07) is 0. The van der Waals surface area contributed by atoms with E-state index in [4.69, 9.17) is 10.5 Å². The molecule has 3 nitrogen and oxygen atoms in total. The predicted molar refractivity (Wildman–Crippen MR) is 56.0 cm³/mol. The number of hydrogen-bond donors (Lipinski definition) is 1. The Bertz CT molecular complexity index is 225. The Kier molecular flexibility index (Phi) is 4.29. The first-order valence-electron chi connectivity index (χ1n) is 5.16. The van der Waals surface area contributed by atoms with Gasteiger partial charge in [0, 0.05) is 13.0 Å².